The van der Waals surface area contributed by atoms with Crippen LogP contribution < -0.4 is 10.2 Å². The van der Waals surface area contributed by atoms with Crippen molar-refractivity contribution in [1.29, 1.82) is 0 Å². The second-order valence-corrected chi connectivity index (χ2v) is 6.52. The van der Waals surface area contributed by atoms with Crippen LogP contribution in [-0.4, -0.2) is 19.1 Å². The number of anilines is 1. The quantitative estimate of drug-likeness (QED) is 0.779. The number of halogens is 1. The lowest BCUT2D eigenvalue weighted by atomic mass is 10.0. The highest BCUT2D eigenvalue weighted by Gasteiger charge is 2.28. The van der Waals surface area contributed by atoms with Crippen molar-refractivity contribution in [2.75, 3.05) is 18.0 Å². The summed E-state index contributed by atoms with van der Waals surface area (Å²) in [5.41, 5.74) is 2.48. The van der Waals surface area contributed by atoms with Gasteiger partial charge in [-0.2, -0.15) is 0 Å². The van der Waals surface area contributed by atoms with E-state index < -0.39 is 0 Å². The maximum Gasteiger partial charge on any atom is 0.0642 e. The summed E-state index contributed by atoms with van der Waals surface area (Å²) >= 11 is 6.52. The number of hydrogen-bond donors (Lipinski definition) is 1. The number of hydrogen-bond acceptors (Lipinski definition) is 2. The van der Waals surface area contributed by atoms with Crippen molar-refractivity contribution in [2.45, 2.75) is 52.6 Å². The molecule has 0 radical (unpaired) electrons. The molecule has 1 aliphatic rings. The molecule has 0 spiro atoms. The molecule has 20 heavy (non-hydrogen) atoms. The minimum absolute atomic E-state index is 0.636. The van der Waals surface area contributed by atoms with Crippen LogP contribution in [0.4, 0.5) is 5.69 Å². The molecular weight excluding hydrogens is 268 g/mol. The molecule has 1 unspecified atom stereocenters. The fraction of sp³-hybridized carbons (Fsp3) is 0.647. The second-order valence-electron chi connectivity index (χ2n) is 6.11. The van der Waals surface area contributed by atoms with Crippen LogP contribution >= 0.6 is 11.6 Å². The first-order chi connectivity index (χ1) is 9.63. The van der Waals surface area contributed by atoms with Crippen molar-refractivity contribution in [3.63, 3.8) is 0 Å². The Labute approximate surface area is 128 Å². The minimum atomic E-state index is 0.636. The third-order valence-corrected chi connectivity index (χ3v) is 4.45. The first-order valence-electron chi connectivity index (χ1n) is 7.89. The summed E-state index contributed by atoms with van der Waals surface area (Å²) in [6, 6.07) is 7.16. The molecule has 3 heteroatoms. The third kappa shape index (κ3) is 3.67. The van der Waals surface area contributed by atoms with Crippen LogP contribution in [0, 0.1) is 5.92 Å². The van der Waals surface area contributed by atoms with E-state index in [1.54, 1.807) is 0 Å². The SMILES string of the molecule is CCCNCc1ccc(N2CCCC2C(C)C)c(Cl)c1. The fourth-order valence-corrected chi connectivity index (χ4v) is 3.40. The van der Waals surface area contributed by atoms with Gasteiger partial charge < -0.3 is 10.2 Å². The highest BCUT2D eigenvalue weighted by atomic mass is 35.5. The van der Waals surface area contributed by atoms with Gasteiger partial charge in [-0.05, 0) is 49.4 Å². The second kappa shape index (κ2) is 7.33. The van der Waals surface area contributed by atoms with E-state index in [0.717, 1.165) is 31.1 Å². The molecule has 112 valence electrons. The van der Waals surface area contributed by atoms with E-state index in [9.17, 15) is 0 Å². The monoisotopic (exact) mass is 294 g/mol. The van der Waals surface area contributed by atoms with Gasteiger partial charge in [0.2, 0.25) is 0 Å². The molecule has 1 N–H and O–H groups in total. The van der Waals surface area contributed by atoms with Crippen molar-refractivity contribution in [3.8, 4) is 0 Å². The van der Waals surface area contributed by atoms with Crippen LogP contribution in [0.1, 0.15) is 45.6 Å². The fourth-order valence-electron chi connectivity index (χ4n) is 3.09. The summed E-state index contributed by atoms with van der Waals surface area (Å²) in [6.45, 7) is 9.89. The summed E-state index contributed by atoms with van der Waals surface area (Å²) < 4.78 is 0. The molecule has 1 aromatic rings. The Kier molecular flexibility index (Phi) is 5.74. The predicted octanol–water partition coefficient (Wildman–Crippen LogP) is 4.46. The summed E-state index contributed by atoms with van der Waals surface area (Å²) in [4.78, 5) is 2.50. The first-order valence-corrected chi connectivity index (χ1v) is 8.27. The van der Waals surface area contributed by atoms with E-state index in [2.05, 4.69) is 49.2 Å². The number of rotatable bonds is 6. The van der Waals surface area contributed by atoms with E-state index >= 15 is 0 Å². The van der Waals surface area contributed by atoms with Gasteiger partial charge >= 0.3 is 0 Å². The minimum Gasteiger partial charge on any atom is -0.367 e. The van der Waals surface area contributed by atoms with Crippen LogP contribution in [0.15, 0.2) is 18.2 Å². The highest BCUT2D eigenvalue weighted by molar-refractivity contribution is 6.33. The molecule has 2 rings (SSSR count). The largest absolute Gasteiger partial charge is 0.367 e. The van der Waals surface area contributed by atoms with Crippen molar-refractivity contribution < 1.29 is 0 Å². The van der Waals surface area contributed by atoms with Crippen LogP contribution in [0.2, 0.25) is 5.02 Å². The van der Waals surface area contributed by atoms with E-state index in [0.29, 0.717) is 12.0 Å². The van der Waals surface area contributed by atoms with Gasteiger partial charge in [-0.1, -0.05) is 38.4 Å². The third-order valence-electron chi connectivity index (χ3n) is 4.15. The zero-order valence-electron chi connectivity index (χ0n) is 13.0. The summed E-state index contributed by atoms with van der Waals surface area (Å²) in [7, 11) is 0. The molecule has 1 saturated heterocycles. The summed E-state index contributed by atoms with van der Waals surface area (Å²) in [6.07, 6.45) is 3.72. The molecule has 2 nitrogen and oxygen atoms in total. The molecule has 0 amide bonds. The van der Waals surface area contributed by atoms with Crippen LogP contribution in [0.5, 0.6) is 0 Å². The molecule has 1 aliphatic heterocycles. The Morgan fingerprint density at radius 2 is 2.20 bits per heavy atom. The van der Waals surface area contributed by atoms with E-state index in [1.807, 2.05) is 0 Å². The van der Waals surface area contributed by atoms with Gasteiger partial charge in [-0.25, -0.2) is 0 Å². The topological polar surface area (TPSA) is 15.3 Å². The molecule has 0 saturated carbocycles. The summed E-state index contributed by atoms with van der Waals surface area (Å²) in [5.74, 6) is 0.680. The van der Waals surface area contributed by atoms with Gasteiger partial charge in [0.25, 0.3) is 0 Å². The van der Waals surface area contributed by atoms with Gasteiger partial charge in [0, 0.05) is 19.1 Å². The maximum absolute atomic E-state index is 6.52. The average Bonchev–Trinajstić information content (AvgIpc) is 2.88. The zero-order chi connectivity index (χ0) is 14.5. The molecule has 1 heterocycles. The highest BCUT2D eigenvalue weighted by Crippen LogP contribution is 2.34. The number of benzene rings is 1. The zero-order valence-corrected chi connectivity index (χ0v) is 13.7. The van der Waals surface area contributed by atoms with Crippen molar-refractivity contribution in [1.82, 2.24) is 5.32 Å². The van der Waals surface area contributed by atoms with Crippen molar-refractivity contribution in [3.05, 3.63) is 28.8 Å². The van der Waals surface area contributed by atoms with Crippen LogP contribution in [-0.2, 0) is 6.54 Å². The lowest BCUT2D eigenvalue weighted by molar-refractivity contribution is 0.492. The maximum atomic E-state index is 6.52. The van der Waals surface area contributed by atoms with E-state index in [-0.39, 0.29) is 0 Å². The van der Waals surface area contributed by atoms with Crippen molar-refractivity contribution in [2.24, 2.45) is 5.92 Å². The van der Waals surface area contributed by atoms with Gasteiger partial charge in [-0.3, -0.25) is 0 Å². The summed E-state index contributed by atoms with van der Waals surface area (Å²) in [5, 5.41) is 4.32. The molecule has 1 fully saturated rings. The van der Waals surface area contributed by atoms with Gasteiger partial charge in [0.15, 0.2) is 0 Å². The molecule has 0 aromatic heterocycles. The molecular formula is C17H27ClN2. The Morgan fingerprint density at radius 1 is 1.40 bits per heavy atom. The Bertz CT molecular complexity index is 431. The first kappa shape index (κ1) is 15.7. The standard InChI is InChI=1S/C17H27ClN2/c1-4-9-19-12-14-7-8-17(15(18)11-14)20-10-5-6-16(20)13(2)3/h7-8,11,13,16,19H,4-6,9-10,12H2,1-3H3. The molecule has 1 aromatic carbocycles. The molecule has 0 aliphatic carbocycles. The number of nitrogens with one attached hydrogen (secondary N) is 1. The Balaban J connectivity index is 2.09. The van der Waals surface area contributed by atoms with E-state index in [4.69, 9.17) is 11.6 Å². The lowest BCUT2D eigenvalue weighted by Crippen LogP contribution is -2.33. The van der Waals surface area contributed by atoms with Gasteiger partial charge in [0.05, 0.1) is 10.7 Å². The molecule has 0 bridgehead atoms. The molecule has 1 atom stereocenters. The lowest BCUT2D eigenvalue weighted by Gasteiger charge is -2.30. The van der Waals surface area contributed by atoms with Crippen LogP contribution in [0.25, 0.3) is 0 Å². The number of nitrogens with zero attached hydrogens (tertiary/aromatic N) is 1. The normalized spacial score (nSPS) is 19.1. The van der Waals surface area contributed by atoms with Crippen molar-refractivity contribution >= 4 is 17.3 Å². The Morgan fingerprint density at radius 3 is 2.85 bits per heavy atom. The van der Waals surface area contributed by atoms with Gasteiger partial charge in [-0.15, -0.1) is 0 Å². The average molecular weight is 295 g/mol. The van der Waals surface area contributed by atoms with Gasteiger partial charge in [0.1, 0.15) is 0 Å². The predicted molar refractivity (Wildman–Crippen MR) is 88.7 cm³/mol. The van der Waals surface area contributed by atoms with E-state index in [1.165, 1.54) is 24.1 Å². The van der Waals surface area contributed by atoms with Crippen LogP contribution in [0.3, 0.4) is 0 Å². The smallest absolute Gasteiger partial charge is 0.0642 e. The Hall–Kier alpha value is -0.730.